The van der Waals surface area contributed by atoms with Gasteiger partial charge in [0, 0.05) is 42.7 Å². The lowest BCUT2D eigenvalue weighted by molar-refractivity contribution is 0.224. The fourth-order valence-corrected chi connectivity index (χ4v) is 2.92. The molecule has 2 amide bonds. The molecule has 108 valence electrons. The summed E-state index contributed by atoms with van der Waals surface area (Å²) >= 11 is 7.57. The Bertz CT molecular complexity index is 359. The number of nitrogens with one attached hydrogen (secondary N) is 1. The standard InChI is InChI=1S/C11H20N4OS3/c1-14(2)5-6-15(17)11(16)13-3-7-18-9-10-12-4-8-19-10/h4,8,17H,3,5-7,9H2,1-2H3,(H,13,16). The number of likely N-dealkylation sites (N-methyl/N-ethyl adjacent to an activating group) is 1. The van der Waals surface area contributed by atoms with Crippen molar-refractivity contribution in [2.75, 3.05) is 39.5 Å². The first-order valence-electron chi connectivity index (χ1n) is 5.94. The van der Waals surface area contributed by atoms with Gasteiger partial charge in [0.2, 0.25) is 0 Å². The molecule has 8 heteroatoms. The Morgan fingerprint density at radius 3 is 2.95 bits per heavy atom. The quantitative estimate of drug-likeness (QED) is 0.566. The van der Waals surface area contributed by atoms with Gasteiger partial charge in [-0.25, -0.2) is 9.78 Å². The number of urea groups is 1. The molecule has 1 aromatic heterocycles. The van der Waals surface area contributed by atoms with Gasteiger partial charge in [-0.2, -0.15) is 11.8 Å². The van der Waals surface area contributed by atoms with Crippen molar-refractivity contribution in [3.63, 3.8) is 0 Å². The van der Waals surface area contributed by atoms with Crippen LogP contribution in [0.25, 0.3) is 0 Å². The van der Waals surface area contributed by atoms with E-state index < -0.39 is 0 Å². The summed E-state index contributed by atoms with van der Waals surface area (Å²) in [5.41, 5.74) is 0. The molecule has 0 aliphatic rings. The number of thioether (sulfide) groups is 1. The second-order valence-corrected chi connectivity index (χ2v) is 6.70. The van der Waals surface area contributed by atoms with E-state index in [1.807, 2.05) is 30.6 Å². The van der Waals surface area contributed by atoms with E-state index in [-0.39, 0.29) is 6.03 Å². The molecular formula is C11H20N4OS3. The molecule has 0 saturated heterocycles. The molecule has 19 heavy (non-hydrogen) atoms. The summed E-state index contributed by atoms with van der Waals surface area (Å²) in [4.78, 5) is 17.9. The number of nitrogens with zero attached hydrogens (tertiary/aromatic N) is 3. The van der Waals surface area contributed by atoms with Gasteiger partial charge in [-0.05, 0) is 14.1 Å². The summed E-state index contributed by atoms with van der Waals surface area (Å²) in [6.07, 6.45) is 1.81. The molecule has 0 fully saturated rings. The molecule has 1 rings (SSSR count). The maximum absolute atomic E-state index is 11.6. The first-order chi connectivity index (χ1) is 9.09. The first-order valence-corrected chi connectivity index (χ1v) is 8.38. The molecule has 5 nitrogen and oxygen atoms in total. The van der Waals surface area contributed by atoms with Gasteiger partial charge in [-0.1, -0.05) is 12.8 Å². The minimum atomic E-state index is -0.139. The molecule has 1 aromatic rings. The zero-order valence-corrected chi connectivity index (χ0v) is 13.7. The predicted octanol–water partition coefficient (Wildman–Crippen LogP) is 1.79. The van der Waals surface area contributed by atoms with E-state index in [0.717, 1.165) is 23.1 Å². The third kappa shape index (κ3) is 7.66. The predicted molar refractivity (Wildman–Crippen MR) is 85.9 cm³/mol. The van der Waals surface area contributed by atoms with Crippen molar-refractivity contribution in [2.24, 2.45) is 0 Å². The van der Waals surface area contributed by atoms with Crippen LogP contribution in [-0.2, 0) is 5.75 Å². The van der Waals surface area contributed by atoms with Crippen molar-refractivity contribution in [3.05, 3.63) is 16.6 Å². The average molecular weight is 321 g/mol. The Morgan fingerprint density at radius 1 is 1.53 bits per heavy atom. The fourth-order valence-electron chi connectivity index (χ4n) is 1.20. The minimum Gasteiger partial charge on any atom is -0.336 e. The highest BCUT2D eigenvalue weighted by Crippen LogP contribution is 2.13. The summed E-state index contributed by atoms with van der Waals surface area (Å²) < 4.78 is 1.41. The van der Waals surface area contributed by atoms with Crippen LogP contribution in [0.15, 0.2) is 11.6 Å². The second kappa shape index (κ2) is 9.46. The van der Waals surface area contributed by atoms with Crippen LogP contribution in [0.2, 0.25) is 0 Å². The van der Waals surface area contributed by atoms with Crippen molar-refractivity contribution in [2.45, 2.75) is 5.75 Å². The number of amides is 2. The molecule has 0 saturated carbocycles. The highest BCUT2D eigenvalue weighted by Gasteiger charge is 2.08. The van der Waals surface area contributed by atoms with Crippen LogP contribution in [-0.4, -0.2) is 59.7 Å². The Hall–Kier alpha value is -0.440. The lowest BCUT2D eigenvalue weighted by Gasteiger charge is -2.18. The van der Waals surface area contributed by atoms with Gasteiger partial charge in [-0.15, -0.1) is 11.3 Å². The number of rotatable bonds is 8. The van der Waals surface area contributed by atoms with Gasteiger partial charge in [0.05, 0.1) is 0 Å². The lowest BCUT2D eigenvalue weighted by Crippen LogP contribution is -2.38. The molecule has 0 aliphatic heterocycles. The molecule has 0 bridgehead atoms. The molecule has 0 aliphatic carbocycles. The molecule has 0 radical (unpaired) electrons. The van der Waals surface area contributed by atoms with Crippen molar-refractivity contribution < 1.29 is 4.79 Å². The Labute approximate surface area is 128 Å². The van der Waals surface area contributed by atoms with Crippen LogP contribution in [0.5, 0.6) is 0 Å². The largest absolute Gasteiger partial charge is 0.336 e. The third-order valence-electron chi connectivity index (χ3n) is 2.23. The van der Waals surface area contributed by atoms with E-state index in [2.05, 4.69) is 23.1 Å². The van der Waals surface area contributed by atoms with Crippen molar-refractivity contribution in [1.82, 2.24) is 19.5 Å². The van der Waals surface area contributed by atoms with Crippen LogP contribution >= 0.6 is 35.9 Å². The van der Waals surface area contributed by atoms with Gasteiger partial charge < -0.3 is 10.2 Å². The van der Waals surface area contributed by atoms with E-state index in [4.69, 9.17) is 0 Å². The second-order valence-electron chi connectivity index (χ2n) is 4.14. The number of hydrogen-bond acceptors (Lipinski definition) is 6. The number of carbonyl (C=O) groups is 1. The summed E-state index contributed by atoms with van der Waals surface area (Å²) in [5.74, 6) is 1.78. The number of hydrogen-bond donors (Lipinski definition) is 2. The smallest absolute Gasteiger partial charge is 0.327 e. The maximum Gasteiger partial charge on any atom is 0.327 e. The van der Waals surface area contributed by atoms with Crippen LogP contribution < -0.4 is 5.32 Å². The molecule has 0 unspecified atom stereocenters. The van der Waals surface area contributed by atoms with Crippen LogP contribution in [0.4, 0.5) is 4.79 Å². The SMILES string of the molecule is CN(C)CCN(S)C(=O)NCCSCc1nccs1. The molecule has 0 spiro atoms. The van der Waals surface area contributed by atoms with E-state index in [0.29, 0.717) is 13.1 Å². The van der Waals surface area contributed by atoms with Gasteiger partial charge in [-0.3, -0.25) is 4.31 Å². The third-order valence-corrected chi connectivity index (χ3v) is 4.54. The van der Waals surface area contributed by atoms with Crippen molar-refractivity contribution in [3.8, 4) is 0 Å². The van der Waals surface area contributed by atoms with E-state index >= 15 is 0 Å². The Morgan fingerprint density at radius 2 is 2.32 bits per heavy atom. The molecular weight excluding hydrogens is 300 g/mol. The fraction of sp³-hybridized carbons (Fsp3) is 0.636. The first kappa shape index (κ1) is 16.6. The topological polar surface area (TPSA) is 48.5 Å². The Kier molecular flexibility index (Phi) is 8.27. The number of aromatic nitrogens is 1. The number of thiazole rings is 1. The number of thiol groups is 1. The molecule has 0 aromatic carbocycles. The molecule has 1 N–H and O–H groups in total. The van der Waals surface area contributed by atoms with E-state index in [9.17, 15) is 4.79 Å². The zero-order chi connectivity index (χ0) is 14.1. The summed E-state index contributed by atoms with van der Waals surface area (Å²) in [7, 11) is 3.93. The molecule has 1 heterocycles. The zero-order valence-electron chi connectivity index (χ0n) is 11.2. The summed E-state index contributed by atoms with van der Waals surface area (Å²) in [5, 5.41) is 5.94. The van der Waals surface area contributed by atoms with Gasteiger partial charge in [0.15, 0.2) is 0 Å². The lowest BCUT2D eigenvalue weighted by atomic mass is 10.6. The van der Waals surface area contributed by atoms with E-state index in [1.54, 1.807) is 23.1 Å². The summed E-state index contributed by atoms with van der Waals surface area (Å²) in [6.45, 7) is 2.05. The van der Waals surface area contributed by atoms with Crippen LogP contribution in [0.1, 0.15) is 5.01 Å². The van der Waals surface area contributed by atoms with Crippen molar-refractivity contribution >= 4 is 41.9 Å². The normalized spacial score (nSPS) is 10.7. The highest BCUT2D eigenvalue weighted by atomic mass is 32.2. The number of carbonyl (C=O) groups excluding carboxylic acids is 1. The molecule has 0 atom stereocenters. The van der Waals surface area contributed by atoms with E-state index in [1.165, 1.54) is 4.31 Å². The Balaban J connectivity index is 2.03. The van der Waals surface area contributed by atoms with Gasteiger partial charge in [0.25, 0.3) is 0 Å². The highest BCUT2D eigenvalue weighted by molar-refractivity contribution is 7.98. The van der Waals surface area contributed by atoms with Crippen molar-refractivity contribution in [1.29, 1.82) is 0 Å². The maximum atomic E-state index is 11.6. The minimum absolute atomic E-state index is 0.139. The van der Waals surface area contributed by atoms with Gasteiger partial charge in [0.1, 0.15) is 5.01 Å². The van der Waals surface area contributed by atoms with Crippen LogP contribution in [0.3, 0.4) is 0 Å². The summed E-state index contributed by atoms with van der Waals surface area (Å²) in [6, 6.07) is -0.139. The van der Waals surface area contributed by atoms with Gasteiger partial charge >= 0.3 is 6.03 Å². The monoisotopic (exact) mass is 320 g/mol. The average Bonchev–Trinajstić information content (AvgIpc) is 2.88. The van der Waals surface area contributed by atoms with Crippen LogP contribution in [0, 0.1) is 0 Å².